The molecule has 1 N–H and O–H groups in total. The molecule has 0 amide bonds. The molecule has 0 bridgehead atoms. The van der Waals surface area contributed by atoms with Gasteiger partial charge in [-0.15, -0.1) is 0 Å². The Morgan fingerprint density at radius 3 is 2.94 bits per heavy atom. The number of aryl methyl sites for hydroxylation is 1. The van der Waals surface area contributed by atoms with Crippen LogP contribution in [0.15, 0.2) is 35.2 Å². The molecule has 2 heterocycles. The van der Waals surface area contributed by atoms with Gasteiger partial charge in [0, 0.05) is 17.9 Å². The molecule has 2 rings (SSSR count). The van der Waals surface area contributed by atoms with Crippen LogP contribution in [0.3, 0.4) is 0 Å². The highest BCUT2D eigenvalue weighted by molar-refractivity contribution is 7.07. The Kier molecular flexibility index (Phi) is 3.70. The van der Waals surface area contributed by atoms with Crippen LogP contribution < -0.4 is 5.32 Å². The molecule has 2 nitrogen and oxygen atoms in total. The zero-order valence-corrected chi connectivity index (χ0v) is 10.4. The van der Waals surface area contributed by atoms with Gasteiger partial charge in [0.05, 0.1) is 0 Å². The largest absolute Gasteiger partial charge is 0.313 e. The van der Waals surface area contributed by atoms with Crippen LogP contribution >= 0.6 is 11.3 Å². The molecule has 0 saturated heterocycles. The second-order valence-electron chi connectivity index (χ2n) is 3.86. The van der Waals surface area contributed by atoms with Crippen molar-refractivity contribution < 1.29 is 0 Å². The van der Waals surface area contributed by atoms with Crippen LogP contribution in [-0.4, -0.2) is 12.0 Å². The normalized spacial score (nSPS) is 12.6. The van der Waals surface area contributed by atoms with Gasteiger partial charge in [0.25, 0.3) is 0 Å². The molecular weight excluding hydrogens is 216 g/mol. The van der Waals surface area contributed by atoms with Gasteiger partial charge in [-0.1, -0.05) is 6.07 Å². The van der Waals surface area contributed by atoms with Crippen molar-refractivity contribution >= 4 is 11.3 Å². The van der Waals surface area contributed by atoms with E-state index in [2.05, 4.69) is 40.1 Å². The molecule has 0 radical (unpaired) electrons. The van der Waals surface area contributed by atoms with E-state index in [9.17, 15) is 0 Å². The second kappa shape index (κ2) is 5.23. The Morgan fingerprint density at radius 2 is 2.31 bits per heavy atom. The molecule has 16 heavy (non-hydrogen) atoms. The maximum atomic E-state index is 4.34. The predicted octanol–water partition coefficient (Wildman–Crippen LogP) is 2.95. The molecule has 2 aromatic heterocycles. The van der Waals surface area contributed by atoms with Gasteiger partial charge in [0.15, 0.2) is 0 Å². The molecule has 2 aromatic rings. The fourth-order valence-corrected chi connectivity index (χ4v) is 2.56. The molecule has 0 aromatic carbocycles. The lowest BCUT2D eigenvalue weighted by Crippen LogP contribution is -2.19. The van der Waals surface area contributed by atoms with Crippen LogP contribution in [0.2, 0.25) is 0 Å². The van der Waals surface area contributed by atoms with E-state index in [1.54, 1.807) is 11.3 Å². The highest BCUT2D eigenvalue weighted by Gasteiger charge is 2.12. The van der Waals surface area contributed by atoms with Crippen LogP contribution in [0, 0.1) is 6.92 Å². The molecule has 84 valence electrons. The Labute approximate surface area is 100 Å². The number of nitrogens with zero attached hydrogens (tertiary/aromatic N) is 1. The van der Waals surface area contributed by atoms with Crippen molar-refractivity contribution in [3.63, 3.8) is 0 Å². The second-order valence-corrected chi connectivity index (χ2v) is 4.64. The maximum absolute atomic E-state index is 4.34. The minimum absolute atomic E-state index is 0.350. The third-order valence-electron chi connectivity index (χ3n) is 2.79. The van der Waals surface area contributed by atoms with Gasteiger partial charge >= 0.3 is 0 Å². The van der Waals surface area contributed by atoms with E-state index in [1.807, 2.05) is 19.3 Å². The zero-order valence-electron chi connectivity index (χ0n) is 9.60. The van der Waals surface area contributed by atoms with Crippen LogP contribution in [-0.2, 0) is 6.42 Å². The number of rotatable bonds is 4. The van der Waals surface area contributed by atoms with Crippen molar-refractivity contribution in [3.8, 4) is 0 Å². The Balaban J connectivity index is 2.20. The molecule has 0 aliphatic rings. The van der Waals surface area contributed by atoms with Crippen LogP contribution in [0.25, 0.3) is 0 Å². The first-order chi connectivity index (χ1) is 7.81. The van der Waals surface area contributed by atoms with Gasteiger partial charge < -0.3 is 5.32 Å². The predicted molar refractivity (Wildman–Crippen MR) is 68.8 cm³/mol. The van der Waals surface area contributed by atoms with E-state index in [-0.39, 0.29) is 0 Å². The Bertz CT molecular complexity index is 437. The first-order valence-electron chi connectivity index (χ1n) is 5.41. The summed E-state index contributed by atoms with van der Waals surface area (Å²) in [6.45, 7) is 2.06. The molecule has 1 atom stereocenters. The minimum Gasteiger partial charge on any atom is -0.313 e. The summed E-state index contributed by atoms with van der Waals surface area (Å²) in [6.07, 6.45) is 2.86. The summed E-state index contributed by atoms with van der Waals surface area (Å²) in [4.78, 5) is 4.34. The van der Waals surface area contributed by atoms with Crippen molar-refractivity contribution in [1.82, 2.24) is 10.3 Å². The molecular formula is C13H16N2S. The lowest BCUT2D eigenvalue weighted by molar-refractivity contribution is 0.587. The molecule has 1 unspecified atom stereocenters. The summed E-state index contributed by atoms with van der Waals surface area (Å²) in [5.74, 6) is 0. The van der Waals surface area contributed by atoms with E-state index in [4.69, 9.17) is 0 Å². The first-order valence-corrected chi connectivity index (χ1v) is 6.35. The van der Waals surface area contributed by atoms with Crippen molar-refractivity contribution in [3.05, 3.63) is 52.0 Å². The van der Waals surface area contributed by atoms with E-state index < -0.39 is 0 Å². The average molecular weight is 232 g/mol. The van der Waals surface area contributed by atoms with Crippen molar-refractivity contribution in [2.75, 3.05) is 7.05 Å². The number of aromatic nitrogens is 1. The number of hydrogen-bond donors (Lipinski definition) is 1. The average Bonchev–Trinajstić information content (AvgIpc) is 2.80. The number of likely N-dealkylation sites (N-methyl/N-ethyl adjacent to an activating group) is 1. The summed E-state index contributed by atoms with van der Waals surface area (Å²) < 4.78 is 0. The molecule has 3 heteroatoms. The smallest absolute Gasteiger partial charge is 0.0420 e. The van der Waals surface area contributed by atoms with Crippen molar-refractivity contribution in [2.45, 2.75) is 19.4 Å². The molecule has 0 spiro atoms. The quantitative estimate of drug-likeness (QED) is 0.876. The summed E-state index contributed by atoms with van der Waals surface area (Å²) in [7, 11) is 2.00. The summed E-state index contributed by atoms with van der Waals surface area (Å²) in [5, 5.41) is 7.69. The Hall–Kier alpha value is -1.19. The fraction of sp³-hybridized carbons (Fsp3) is 0.308. The topological polar surface area (TPSA) is 24.9 Å². The van der Waals surface area contributed by atoms with Crippen LogP contribution in [0.4, 0.5) is 0 Å². The lowest BCUT2D eigenvalue weighted by atomic mass is 10.00. The number of hydrogen-bond acceptors (Lipinski definition) is 3. The molecule has 0 saturated carbocycles. The number of nitrogens with one attached hydrogen (secondary N) is 1. The van der Waals surface area contributed by atoms with Gasteiger partial charge in [0.2, 0.25) is 0 Å². The van der Waals surface area contributed by atoms with Gasteiger partial charge in [-0.05, 0) is 54.4 Å². The van der Waals surface area contributed by atoms with Gasteiger partial charge in [-0.2, -0.15) is 11.3 Å². The monoisotopic (exact) mass is 232 g/mol. The maximum Gasteiger partial charge on any atom is 0.0420 e. The SMILES string of the molecule is CNC(Cc1ccsc1)c1cccnc1C. The first kappa shape index (κ1) is 11.3. The van der Waals surface area contributed by atoms with E-state index >= 15 is 0 Å². The summed E-state index contributed by atoms with van der Waals surface area (Å²) in [5.41, 5.74) is 3.78. The molecule has 0 aliphatic carbocycles. The standard InChI is InChI=1S/C13H16N2S/c1-10-12(4-3-6-15-10)13(14-2)8-11-5-7-16-9-11/h3-7,9,13-14H,8H2,1-2H3. The van der Waals surface area contributed by atoms with Crippen molar-refractivity contribution in [1.29, 1.82) is 0 Å². The zero-order chi connectivity index (χ0) is 11.4. The van der Waals surface area contributed by atoms with E-state index in [0.29, 0.717) is 6.04 Å². The fourth-order valence-electron chi connectivity index (χ4n) is 1.88. The Morgan fingerprint density at radius 1 is 1.44 bits per heavy atom. The lowest BCUT2D eigenvalue weighted by Gasteiger charge is -2.17. The van der Waals surface area contributed by atoms with E-state index in [1.165, 1.54) is 11.1 Å². The van der Waals surface area contributed by atoms with Gasteiger partial charge in [-0.25, -0.2) is 0 Å². The number of pyridine rings is 1. The van der Waals surface area contributed by atoms with Crippen LogP contribution in [0.5, 0.6) is 0 Å². The molecule has 0 aliphatic heterocycles. The minimum atomic E-state index is 0.350. The third-order valence-corrected chi connectivity index (χ3v) is 3.52. The van der Waals surface area contributed by atoms with Gasteiger partial charge in [0.1, 0.15) is 0 Å². The third kappa shape index (κ3) is 2.49. The van der Waals surface area contributed by atoms with Crippen molar-refractivity contribution in [2.24, 2.45) is 0 Å². The van der Waals surface area contributed by atoms with Crippen LogP contribution in [0.1, 0.15) is 22.9 Å². The highest BCUT2D eigenvalue weighted by Crippen LogP contribution is 2.21. The van der Waals surface area contributed by atoms with E-state index in [0.717, 1.165) is 12.1 Å². The summed E-state index contributed by atoms with van der Waals surface area (Å²) >= 11 is 1.75. The number of thiophene rings is 1. The van der Waals surface area contributed by atoms with Gasteiger partial charge in [-0.3, -0.25) is 4.98 Å². The highest BCUT2D eigenvalue weighted by atomic mass is 32.1. The summed E-state index contributed by atoms with van der Waals surface area (Å²) in [6, 6.07) is 6.68. The molecule has 0 fully saturated rings.